The van der Waals surface area contributed by atoms with Crippen LogP contribution in [0.4, 0.5) is 0 Å². The van der Waals surface area contributed by atoms with E-state index in [9.17, 15) is 9.59 Å². The number of carbonyl (C=O) groups excluding carboxylic acids is 2. The van der Waals surface area contributed by atoms with Gasteiger partial charge in [0, 0.05) is 0 Å². The molecule has 4 rings (SSSR count). The maximum atomic E-state index is 12.3. The van der Waals surface area contributed by atoms with Crippen LogP contribution >= 0.6 is 15.9 Å². The van der Waals surface area contributed by atoms with Crippen LogP contribution in [0.3, 0.4) is 0 Å². The standard InChI is InChI=1S/C24H15BrO4/c25-21-14-19-13-20(28-23(26)16-7-3-1-4-8-16)12-11-18(19)15-22(21)29-24(27)17-9-5-2-6-10-17/h1-15H. The lowest BCUT2D eigenvalue weighted by Gasteiger charge is -2.10. The first kappa shape index (κ1) is 18.9. The lowest BCUT2D eigenvalue weighted by Crippen LogP contribution is -2.09. The highest BCUT2D eigenvalue weighted by molar-refractivity contribution is 9.10. The molecule has 29 heavy (non-hydrogen) atoms. The van der Waals surface area contributed by atoms with Crippen molar-refractivity contribution in [1.29, 1.82) is 0 Å². The number of halogens is 1. The highest BCUT2D eigenvalue weighted by Crippen LogP contribution is 2.33. The Labute approximate surface area is 175 Å². The second-order valence-electron chi connectivity index (χ2n) is 6.30. The topological polar surface area (TPSA) is 52.6 Å². The fourth-order valence-electron chi connectivity index (χ4n) is 2.84. The molecule has 0 aliphatic heterocycles. The zero-order valence-electron chi connectivity index (χ0n) is 15.2. The Kier molecular flexibility index (Phi) is 5.40. The van der Waals surface area contributed by atoms with Crippen LogP contribution in [0.1, 0.15) is 20.7 Å². The van der Waals surface area contributed by atoms with Gasteiger partial charge in [0.05, 0.1) is 15.6 Å². The quantitative estimate of drug-likeness (QED) is 0.283. The van der Waals surface area contributed by atoms with Crippen LogP contribution in [-0.4, -0.2) is 11.9 Å². The van der Waals surface area contributed by atoms with Crippen molar-refractivity contribution in [3.63, 3.8) is 0 Å². The lowest BCUT2D eigenvalue weighted by atomic mass is 10.1. The van der Waals surface area contributed by atoms with Gasteiger partial charge in [-0.05, 0) is 75.2 Å². The Morgan fingerprint density at radius 2 is 1.21 bits per heavy atom. The molecule has 0 aromatic heterocycles. The molecule has 0 unspecified atom stereocenters. The average molecular weight is 447 g/mol. The maximum Gasteiger partial charge on any atom is 0.343 e. The van der Waals surface area contributed by atoms with Crippen molar-refractivity contribution in [1.82, 2.24) is 0 Å². The van der Waals surface area contributed by atoms with Crippen molar-refractivity contribution in [3.05, 3.63) is 107 Å². The zero-order valence-corrected chi connectivity index (χ0v) is 16.8. The molecule has 0 saturated heterocycles. The summed E-state index contributed by atoms with van der Waals surface area (Å²) in [6, 6.07) is 26.5. The molecule has 5 heteroatoms. The molecule has 0 radical (unpaired) electrons. The Morgan fingerprint density at radius 1 is 0.621 bits per heavy atom. The molecule has 142 valence electrons. The smallest absolute Gasteiger partial charge is 0.343 e. The number of benzene rings is 4. The Morgan fingerprint density at radius 3 is 1.83 bits per heavy atom. The molecule has 4 nitrogen and oxygen atoms in total. The number of ether oxygens (including phenoxy) is 2. The van der Waals surface area contributed by atoms with E-state index < -0.39 is 11.9 Å². The summed E-state index contributed by atoms with van der Waals surface area (Å²) >= 11 is 3.45. The largest absolute Gasteiger partial charge is 0.423 e. The molecule has 0 heterocycles. The van der Waals surface area contributed by atoms with E-state index in [1.54, 1.807) is 66.7 Å². The fourth-order valence-corrected chi connectivity index (χ4v) is 3.28. The molecule has 0 aliphatic carbocycles. The second-order valence-corrected chi connectivity index (χ2v) is 7.16. The van der Waals surface area contributed by atoms with Gasteiger partial charge in [-0.2, -0.15) is 0 Å². The SMILES string of the molecule is O=C(Oc1ccc2cc(OC(=O)c3ccccc3)c(Br)cc2c1)c1ccccc1. The third-order valence-electron chi connectivity index (χ3n) is 4.29. The van der Waals surface area contributed by atoms with Crippen molar-refractivity contribution in [2.75, 3.05) is 0 Å². The van der Waals surface area contributed by atoms with Gasteiger partial charge in [-0.15, -0.1) is 0 Å². The van der Waals surface area contributed by atoms with Gasteiger partial charge >= 0.3 is 11.9 Å². The summed E-state index contributed by atoms with van der Waals surface area (Å²) in [5, 5.41) is 1.69. The number of hydrogen-bond donors (Lipinski definition) is 0. The van der Waals surface area contributed by atoms with Gasteiger partial charge in [-0.25, -0.2) is 9.59 Å². The minimum atomic E-state index is -0.431. The molecule has 0 bridgehead atoms. The molecule has 4 aromatic carbocycles. The van der Waals surface area contributed by atoms with E-state index in [2.05, 4.69) is 15.9 Å². The number of fused-ring (bicyclic) bond motifs is 1. The molecule has 0 aliphatic rings. The van der Waals surface area contributed by atoms with Crippen molar-refractivity contribution >= 4 is 38.6 Å². The number of esters is 2. The second kappa shape index (κ2) is 8.29. The summed E-state index contributed by atoms with van der Waals surface area (Å²) in [5.41, 5.74) is 0.958. The minimum Gasteiger partial charge on any atom is -0.423 e. The first-order valence-electron chi connectivity index (χ1n) is 8.88. The molecule has 0 amide bonds. The number of hydrogen-bond acceptors (Lipinski definition) is 4. The van der Waals surface area contributed by atoms with Crippen LogP contribution in [0.5, 0.6) is 11.5 Å². The van der Waals surface area contributed by atoms with Gasteiger partial charge in [0.2, 0.25) is 0 Å². The van der Waals surface area contributed by atoms with Gasteiger partial charge in [-0.3, -0.25) is 0 Å². The van der Waals surface area contributed by atoms with E-state index in [0.29, 0.717) is 27.1 Å². The van der Waals surface area contributed by atoms with E-state index in [0.717, 1.165) is 10.8 Å². The zero-order chi connectivity index (χ0) is 20.2. The van der Waals surface area contributed by atoms with Crippen molar-refractivity contribution < 1.29 is 19.1 Å². The van der Waals surface area contributed by atoms with Crippen LogP contribution in [0.15, 0.2) is 95.5 Å². The monoisotopic (exact) mass is 446 g/mol. The highest BCUT2D eigenvalue weighted by atomic mass is 79.9. The van der Waals surface area contributed by atoms with E-state index in [1.165, 1.54) is 0 Å². The third kappa shape index (κ3) is 4.36. The first-order chi connectivity index (χ1) is 14.1. The van der Waals surface area contributed by atoms with Crippen LogP contribution in [0.2, 0.25) is 0 Å². The molecule has 0 saturated carbocycles. The Bertz CT molecular complexity index is 1190. The first-order valence-corrected chi connectivity index (χ1v) is 9.67. The van der Waals surface area contributed by atoms with Crippen molar-refractivity contribution in [3.8, 4) is 11.5 Å². The van der Waals surface area contributed by atoms with E-state index in [1.807, 2.05) is 24.3 Å². The van der Waals surface area contributed by atoms with E-state index in [-0.39, 0.29) is 0 Å². The predicted octanol–water partition coefficient (Wildman–Crippen LogP) is 6.04. The van der Waals surface area contributed by atoms with Crippen LogP contribution in [-0.2, 0) is 0 Å². The molecule has 4 aromatic rings. The molecule has 0 N–H and O–H groups in total. The van der Waals surface area contributed by atoms with Gasteiger partial charge < -0.3 is 9.47 Å². The summed E-state index contributed by atoms with van der Waals surface area (Å²) in [4.78, 5) is 24.6. The normalized spacial score (nSPS) is 10.5. The Balaban J connectivity index is 1.56. The minimum absolute atomic E-state index is 0.417. The van der Waals surface area contributed by atoms with Gasteiger partial charge in [-0.1, -0.05) is 42.5 Å². The fraction of sp³-hybridized carbons (Fsp3) is 0. The van der Waals surface area contributed by atoms with E-state index in [4.69, 9.17) is 9.47 Å². The average Bonchev–Trinajstić information content (AvgIpc) is 2.75. The Hall–Kier alpha value is -3.44. The van der Waals surface area contributed by atoms with Crippen LogP contribution in [0, 0.1) is 0 Å². The predicted molar refractivity (Wildman–Crippen MR) is 114 cm³/mol. The molecular formula is C24H15BrO4. The number of rotatable bonds is 4. The van der Waals surface area contributed by atoms with Gasteiger partial charge in [0.15, 0.2) is 0 Å². The molecule has 0 spiro atoms. The highest BCUT2D eigenvalue weighted by Gasteiger charge is 2.13. The van der Waals surface area contributed by atoms with Gasteiger partial charge in [0.25, 0.3) is 0 Å². The maximum absolute atomic E-state index is 12.3. The van der Waals surface area contributed by atoms with Crippen molar-refractivity contribution in [2.24, 2.45) is 0 Å². The lowest BCUT2D eigenvalue weighted by molar-refractivity contribution is 0.0724. The third-order valence-corrected chi connectivity index (χ3v) is 4.91. The summed E-state index contributed by atoms with van der Waals surface area (Å²) in [6.07, 6.45) is 0. The van der Waals surface area contributed by atoms with Crippen molar-refractivity contribution in [2.45, 2.75) is 0 Å². The molecular weight excluding hydrogens is 432 g/mol. The summed E-state index contributed by atoms with van der Waals surface area (Å²) in [6.45, 7) is 0. The van der Waals surface area contributed by atoms with Gasteiger partial charge in [0.1, 0.15) is 11.5 Å². The molecule has 0 fully saturated rings. The molecule has 0 atom stereocenters. The van der Waals surface area contributed by atoms with Crippen LogP contribution in [0.25, 0.3) is 10.8 Å². The summed E-state index contributed by atoms with van der Waals surface area (Å²) < 4.78 is 11.6. The van der Waals surface area contributed by atoms with E-state index >= 15 is 0 Å². The number of carbonyl (C=O) groups is 2. The summed E-state index contributed by atoms with van der Waals surface area (Å²) in [5.74, 6) is 0.00385. The summed E-state index contributed by atoms with van der Waals surface area (Å²) in [7, 11) is 0. The van der Waals surface area contributed by atoms with Crippen LogP contribution < -0.4 is 9.47 Å².